The summed E-state index contributed by atoms with van der Waals surface area (Å²) in [5.74, 6) is 0. The van der Waals surface area contributed by atoms with Crippen LogP contribution in [-0.2, 0) is 6.54 Å². The van der Waals surface area contributed by atoms with Gasteiger partial charge in [0.25, 0.3) is 0 Å². The Balaban J connectivity index is 1.85. The highest BCUT2D eigenvalue weighted by molar-refractivity contribution is 5.81. The van der Waals surface area contributed by atoms with Crippen LogP contribution in [-0.4, -0.2) is 0 Å². The molecular weight excluding hydrogens is 236 g/mol. The summed E-state index contributed by atoms with van der Waals surface area (Å²) in [6.45, 7) is 0.635. The van der Waals surface area contributed by atoms with E-state index in [-0.39, 0.29) is 0 Å². The molecule has 3 nitrogen and oxygen atoms in total. The average molecular weight is 248 g/mol. The van der Waals surface area contributed by atoms with Crippen molar-refractivity contribution in [1.82, 2.24) is 0 Å². The summed E-state index contributed by atoms with van der Waals surface area (Å²) in [4.78, 5) is 0. The van der Waals surface area contributed by atoms with Crippen LogP contribution in [0.5, 0.6) is 0 Å². The number of nitrogens with zero attached hydrogens (tertiary/aromatic N) is 1. The zero-order chi connectivity index (χ0) is 13.1. The Morgan fingerprint density at radius 2 is 1.84 bits per heavy atom. The zero-order valence-corrected chi connectivity index (χ0v) is 10.3. The largest absolute Gasteiger partial charge is 0.464 e. The monoisotopic (exact) mass is 248 g/mol. The smallest absolute Gasteiger partial charge is 0.134 e. The molecule has 0 fully saturated rings. The first-order valence-electron chi connectivity index (χ1n) is 6.06. The molecule has 0 atom stereocenters. The van der Waals surface area contributed by atoms with E-state index >= 15 is 0 Å². The van der Waals surface area contributed by atoms with Gasteiger partial charge < -0.3 is 9.73 Å². The van der Waals surface area contributed by atoms with Crippen molar-refractivity contribution in [2.24, 2.45) is 0 Å². The molecule has 0 amide bonds. The van der Waals surface area contributed by atoms with Gasteiger partial charge in [0.05, 0.1) is 17.5 Å². The van der Waals surface area contributed by atoms with Crippen molar-refractivity contribution >= 4 is 16.7 Å². The minimum atomic E-state index is 0.635. The predicted molar refractivity (Wildman–Crippen MR) is 74.7 cm³/mol. The van der Waals surface area contributed by atoms with Crippen molar-refractivity contribution in [3.63, 3.8) is 0 Å². The molecule has 19 heavy (non-hydrogen) atoms. The lowest BCUT2D eigenvalue weighted by molar-refractivity contribution is 0.611. The number of rotatable bonds is 3. The summed E-state index contributed by atoms with van der Waals surface area (Å²) >= 11 is 0. The van der Waals surface area contributed by atoms with Crippen molar-refractivity contribution < 1.29 is 4.42 Å². The number of furan rings is 1. The number of nitrogens with one attached hydrogen (secondary N) is 1. The fourth-order valence-corrected chi connectivity index (χ4v) is 2.09. The first kappa shape index (κ1) is 11.4. The maximum absolute atomic E-state index is 9.04. The van der Waals surface area contributed by atoms with Crippen LogP contribution < -0.4 is 5.32 Å². The maximum Gasteiger partial charge on any atom is 0.134 e. The third kappa shape index (κ3) is 2.16. The van der Waals surface area contributed by atoms with E-state index in [1.165, 1.54) is 0 Å². The number of hydrogen-bond donors (Lipinski definition) is 1. The number of anilines is 1. The SMILES string of the molecule is N#Cc1ccccc1NCc1coc2ccccc12. The first-order chi connectivity index (χ1) is 9.38. The van der Waals surface area contributed by atoms with Gasteiger partial charge in [0.1, 0.15) is 11.7 Å². The predicted octanol–water partition coefficient (Wildman–Crippen LogP) is 3.92. The van der Waals surface area contributed by atoms with Crippen molar-refractivity contribution in [2.45, 2.75) is 6.54 Å². The molecule has 0 aliphatic carbocycles. The second-order valence-electron chi connectivity index (χ2n) is 4.27. The highest BCUT2D eigenvalue weighted by Crippen LogP contribution is 2.22. The lowest BCUT2D eigenvalue weighted by Crippen LogP contribution is -2.00. The zero-order valence-electron chi connectivity index (χ0n) is 10.3. The van der Waals surface area contributed by atoms with Crippen molar-refractivity contribution in [3.8, 4) is 6.07 Å². The number of benzene rings is 2. The summed E-state index contributed by atoms with van der Waals surface area (Å²) in [7, 11) is 0. The summed E-state index contributed by atoms with van der Waals surface area (Å²) in [6, 6.07) is 17.6. The molecule has 1 aromatic heterocycles. The van der Waals surface area contributed by atoms with Gasteiger partial charge >= 0.3 is 0 Å². The summed E-state index contributed by atoms with van der Waals surface area (Å²) < 4.78 is 5.49. The van der Waals surface area contributed by atoms with Gasteiger partial charge in [-0.3, -0.25) is 0 Å². The van der Waals surface area contributed by atoms with Crippen molar-refractivity contribution in [3.05, 3.63) is 65.9 Å². The molecular formula is C16H12N2O. The number of fused-ring (bicyclic) bond motifs is 1. The Labute approximate surface area is 111 Å². The van der Waals surface area contributed by atoms with E-state index < -0.39 is 0 Å². The fourth-order valence-electron chi connectivity index (χ4n) is 2.09. The topological polar surface area (TPSA) is 49.0 Å². The van der Waals surface area contributed by atoms with Gasteiger partial charge in [-0.05, 0) is 18.2 Å². The summed E-state index contributed by atoms with van der Waals surface area (Å²) in [5.41, 5.74) is 3.46. The minimum absolute atomic E-state index is 0.635. The summed E-state index contributed by atoms with van der Waals surface area (Å²) in [5, 5.41) is 13.4. The molecule has 0 saturated carbocycles. The number of nitriles is 1. The Morgan fingerprint density at radius 3 is 2.74 bits per heavy atom. The number of hydrogen-bond acceptors (Lipinski definition) is 3. The van der Waals surface area contributed by atoms with E-state index in [1.807, 2.05) is 42.5 Å². The molecule has 92 valence electrons. The molecule has 0 aliphatic heterocycles. The molecule has 0 aliphatic rings. The van der Waals surface area contributed by atoms with Crippen LogP contribution in [0.25, 0.3) is 11.0 Å². The van der Waals surface area contributed by atoms with Gasteiger partial charge in [0, 0.05) is 17.5 Å². The van der Waals surface area contributed by atoms with E-state index in [1.54, 1.807) is 12.3 Å². The van der Waals surface area contributed by atoms with Gasteiger partial charge in [-0.25, -0.2) is 0 Å². The van der Waals surface area contributed by atoms with Gasteiger partial charge in [-0.15, -0.1) is 0 Å². The highest BCUT2D eigenvalue weighted by Gasteiger charge is 2.06. The van der Waals surface area contributed by atoms with Crippen LogP contribution in [0.4, 0.5) is 5.69 Å². The Morgan fingerprint density at radius 1 is 1.05 bits per heavy atom. The van der Waals surface area contributed by atoms with Crippen LogP contribution in [0.1, 0.15) is 11.1 Å². The van der Waals surface area contributed by atoms with Crippen molar-refractivity contribution in [2.75, 3.05) is 5.32 Å². The van der Waals surface area contributed by atoms with Gasteiger partial charge in [-0.2, -0.15) is 5.26 Å². The van der Waals surface area contributed by atoms with E-state index in [0.717, 1.165) is 22.2 Å². The number of para-hydroxylation sites is 2. The van der Waals surface area contributed by atoms with Crippen LogP contribution in [0, 0.1) is 11.3 Å². The third-order valence-electron chi connectivity index (χ3n) is 3.08. The molecule has 0 saturated heterocycles. The normalized spacial score (nSPS) is 10.3. The average Bonchev–Trinajstić information content (AvgIpc) is 2.89. The standard InChI is InChI=1S/C16H12N2O/c17-9-12-5-1-3-7-15(12)18-10-13-11-19-16-8-4-2-6-14(13)16/h1-8,11,18H,10H2. The molecule has 3 rings (SSSR count). The Kier molecular flexibility index (Phi) is 2.91. The lowest BCUT2D eigenvalue weighted by atomic mass is 10.1. The lowest BCUT2D eigenvalue weighted by Gasteiger charge is -2.06. The van der Waals surface area contributed by atoms with Crippen LogP contribution >= 0.6 is 0 Å². The maximum atomic E-state index is 9.04. The fraction of sp³-hybridized carbons (Fsp3) is 0.0625. The van der Waals surface area contributed by atoms with E-state index in [2.05, 4.69) is 11.4 Å². The van der Waals surface area contributed by atoms with Crippen LogP contribution in [0.2, 0.25) is 0 Å². The Hall–Kier alpha value is -2.73. The van der Waals surface area contributed by atoms with Gasteiger partial charge in [0.15, 0.2) is 0 Å². The minimum Gasteiger partial charge on any atom is -0.464 e. The van der Waals surface area contributed by atoms with E-state index in [4.69, 9.17) is 9.68 Å². The summed E-state index contributed by atoms with van der Waals surface area (Å²) in [6.07, 6.45) is 1.76. The second kappa shape index (κ2) is 4.87. The molecule has 3 aromatic rings. The second-order valence-corrected chi connectivity index (χ2v) is 4.27. The van der Waals surface area contributed by atoms with Crippen molar-refractivity contribution in [1.29, 1.82) is 5.26 Å². The molecule has 1 heterocycles. The molecule has 0 radical (unpaired) electrons. The third-order valence-corrected chi connectivity index (χ3v) is 3.08. The highest BCUT2D eigenvalue weighted by atomic mass is 16.3. The van der Waals surface area contributed by atoms with Gasteiger partial charge in [-0.1, -0.05) is 30.3 Å². The Bertz CT molecular complexity index is 753. The van der Waals surface area contributed by atoms with Crippen LogP contribution in [0.3, 0.4) is 0 Å². The van der Waals surface area contributed by atoms with E-state index in [9.17, 15) is 0 Å². The molecule has 0 unspecified atom stereocenters. The molecule has 0 spiro atoms. The quantitative estimate of drug-likeness (QED) is 0.764. The van der Waals surface area contributed by atoms with Gasteiger partial charge in [0.2, 0.25) is 0 Å². The molecule has 0 bridgehead atoms. The molecule has 2 aromatic carbocycles. The molecule has 3 heteroatoms. The first-order valence-corrected chi connectivity index (χ1v) is 6.06. The van der Waals surface area contributed by atoms with Crippen LogP contribution in [0.15, 0.2) is 59.2 Å². The van der Waals surface area contributed by atoms with E-state index in [0.29, 0.717) is 12.1 Å². The molecule has 1 N–H and O–H groups in total.